The third-order valence-corrected chi connectivity index (χ3v) is 3.53. The summed E-state index contributed by atoms with van der Waals surface area (Å²) in [4.78, 5) is 1.43. The molecule has 0 aromatic carbocycles. The Morgan fingerprint density at radius 3 is 3.30 bits per heavy atom. The SMILES string of the molecule is Ic1cc2c(s1)COCC2. The third kappa shape index (κ3) is 1.22. The van der Waals surface area contributed by atoms with E-state index in [9.17, 15) is 0 Å². The molecular weight excluding hydrogens is 259 g/mol. The van der Waals surface area contributed by atoms with Crippen LogP contribution in [0, 0.1) is 2.88 Å². The van der Waals surface area contributed by atoms with E-state index in [4.69, 9.17) is 4.74 Å². The highest BCUT2D eigenvalue weighted by Gasteiger charge is 2.11. The van der Waals surface area contributed by atoms with Gasteiger partial charge in [-0.15, -0.1) is 11.3 Å². The summed E-state index contributed by atoms with van der Waals surface area (Å²) in [5, 5.41) is 0. The van der Waals surface area contributed by atoms with Crippen molar-refractivity contribution in [3.63, 3.8) is 0 Å². The second kappa shape index (κ2) is 2.79. The second-order valence-electron chi connectivity index (χ2n) is 2.30. The first-order chi connectivity index (χ1) is 4.86. The Morgan fingerprint density at radius 1 is 1.60 bits per heavy atom. The fourth-order valence-corrected chi connectivity index (χ4v) is 3.16. The van der Waals surface area contributed by atoms with Gasteiger partial charge < -0.3 is 4.74 Å². The maximum atomic E-state index is 5.32. The summed E-state index contributed by atoms with van der Waals surface area (Å²) >= 11 is 4.22. The van der Waals surface area contributed by atoms with Crippen LogP contribution in [-0.2, 0) is 17.8 Å². The van der Waals surface area contributed by atoms with Crippen LogP contribution >= 0.6 is 33.9 Å². The molecule has 1 aromatic rings. The highest BCUT2D eigenvalue weighted by molar-refractivity contribution is 14.1. The summed E-state index contributed by atoms with van der Waals surface area (Å²) in [6, 6.07) is 2.27. The Balaban J connectivity index is 2.41. The molecule has 0 spiro atoms. The molecule has 2 rings (SSSR count). The summed E-state index contributed by atoms with van der Waals surface area (Å²) in [5.41, 5.74) is 1.50. The Labute approximate surface area is 77.5 Å². The molecule has 0 unspecified atom stereocenters. The van der Waals surface area contributed by atoms with Crippen molar-refractivity contribution in [1.29, 1.82) is 0 Å². The third-order valence-electron chi connectivity index (χ3n) is 1.62. The minimum Gasteiger partial charge on any atom is -0.376 e. The van der Waals surface area contributed by atoms with Crippen molar-refractivity contribution in [3.05, 3.63) is 19.4 Å². The first-order valence-electron chi connectivity index (χ1n) is 3.21. The van der Waals surface area contributed by atoms with Crippen molar-refractivity contribution in [2.24, 2.45) is 0 Å². The number of thiophene rings is 1. The minimum absolute atomic E-state index is 0.836. The lowest BCUT2D eigenvalue weighted by molar-refractivity contribution is 0.113. The molecule has 54 valence electrons. The van der Waals surface area contributed by atoms with Gasteiger partial charge in [0, 0.05) is 4.88 Å². The van der Waals surface area contributed by atoms with Crippen LogP contribution in [0.15, 0.2) is 6.07 Å². The average Bonchev–Trinajstić information content (AvgIpc) is 2.27. The van der Waals surface area contributed by atoms with E-state index < -0.39 is 0 Å². The molecule has 1 aliphatic rings. The van der Waals surface area contributed by atoms with Crippen LogP contribution in [0.2, 0.25) is 0 Å². The first kappa shape index (κ1) is 7.06. The Hall–Kier alpha value is 0.390. The summed E-state index contributed by atoms with van der Waals surface area (Å²) in [5.74, 6) is 0. The van der Waals surface area contributed by atoms with E-state index in [-0.39, 0.29) is 0 Å². The molecule has 0 atom stereocenters. The average molecular weight is 266 g/mol. The van der Waals surface area contributed by atoms with Crippen molar-refractivity contribution in [1.82, 2.24) is 0 Å². The second-order valence-corrected chi connectivity index (χ2v) is 5.33. The van der Waals surface area contributed by atoms with Crippen LogP contribution in [0.25, 0.3) is 0 Å². The van der Waals surface area contributed by atoms with Crippen molar-refractivity contribution in [2.75, 3.05) is 6.61 Å². The van der Waals surface area contributed by atoms with Gasteiger partial charge in [-0.3, -0.25) is 0 Å². The van der Waals surface area contributed by atoms with Crippen LogP contribution in [0.3, 0.4) is 0 Å². The predicted molar refractivity (Wildman–Crippen MR) is 50.4 cm³/mol. The van der Waals surface area contributed by atoms with Gasteiger partial charge in [-0.2, -0.15) is 0 Å². The summed E-state index contributed by atoms with van der Waals surface area (Å²) in [6.45, 7) is 1.74. The zero-order valence-electron chi connectivity index (χ0n) is 5.39. The van der Waals surface area contributed by atoms with Crippen LogP contribution in [-0.4, -0.2) is 6.61 Å². The Morgan fingerprint density at radius 2 is 2.50 bits per heavy atom. The van der Waals surface area contributed by atoms with Crippen LogP contribution in [0.1, 0.15) is 10.4 Å². The van der Waals surface area contributed by atoms with Gasteiger partial charge in [0.15, 0.2) is 0 Å². The van der Waals surface area contributed by atoms with E-state index in [2.05, 4.69) is 28.7 Å². The van der Waals surface area contributed by atoms with Gasteiger partial charge in [0.1, 0.15) is 0 Å². The lowest BCUT2D eigenvalue weighted by atomic mass is 10.2. The van der Waals surface area contributed by atoms with Gasteiger partial charge in [0.05, 0.1) is 16.1 Å². The number of ether oxygens (including phenoxy) is 1. The molecular formula is C7H7IOS. The topological polar surface area (TPSA) is 9.23 Å². The molecule has 10 heavy (non-hydrogen) atoms. The maximum absolute atomic E-state index is 5.32. The normalized spacial score (nSPS) is 16.9. The highest BCUT2D eigenvalue weighted by atomic mass is 127. The largest absolute Gasteiger partial charge is 0.376 e. The van der Waals surface area contributed by atoms with E-state index in [0.29, 0.717) is 0 Å². The fourth-order valence-electron chi connectivity index (χ4n) is 1.11. The summed E-state index contributed by atoms with van der Waals surface area (Å²) in [7, 11) is 0. The summed E-state index contributed by atoms with van der Waals surface area (Å²) < 4.78 is 6.70. The number of hydrogen-bond acceptors (Lipinski definition) is 2. The Kier molecular flexibility index (Phi) is 1.97. The van der Waals surface area contributed by atoms with Crippen molar-refractivity contribution in [3.8, 4) is 0 Å². The molecule has 0 fully saturated rings. The molecule has 0 saturated carbocycles. The summed E-state index contributed by atoms with van der Waals surface area (Å²) in [6.07, 6.45) is 1.11. The zero-order valence-corrected chi connectivity index (χ0v) is 8.37. The quantitative estimate of drug-likeness (QED) is 0.655. The predicted octanol–water partition coefficient (Wildman–Crippen LogP) is 2.43. The molecule has 0 aliphatic carbocycles. The van der Waals surface area contributed by atoms with Crippen LogP contribution in [0.5, 0.6) is 0 Å². The molecule has 2 heterocycles. The highest BCUT2D eigenvalue weighted by Crippen LogP contribution is 2.27. The van der Waals surface area contributed by atoms with Gasteiger partial charge in [0.25, 0.3) is 0 Å². The molecule has 1 aliphatic heterocycles. The molecule has 0 amide bonds. The lowest BCUT2D eigenvalue weighted by Crippen LogP contribution is -2.05. The molecule has 0 saturated heterocycles. The fraction of sp³-hybridized carbons (Fsp3) is 0.429. The number of halogens is 1. The minimum atomic E-state index is 0.836. The van der Waals surface area contributed by atoms with Crippen molar-refractivity contribution in [2.45, 2.75) is 13.0 Å². The van der Waals surface area contributed by atoms with Gasteiger partial charge >= 0.3 is 0 Å². The van der Waals surface area contributed by atoms with Gasteiger partial charge in [-0.1, -0.05) is 0 Å². The van der Waals surface area contributed by atoms with E-state index >= 15 is 0 Å². The van der Waals surface area contributed by atoms with Crippen molar-refractivity contribution < 1.29 is 4.74 Å². The zero-order chi connectivity index (χ0) is 6.97. The Bertz CT molecular complexity index is 220. The standard InChI is InChI=1S/C7H7IOS/c8-7-3-5-1-2-9-4-6(5)10-7/h3H,1-2,4H2. The van der Waals surface area contributed by atoms with Crippen molar-refractivity contribution >= 4 is 33.9 Å². The lowest BCUT2D eigenvalue weighted by Gasteiger charge is -2.10. The van der Waals surface area contributed by atoms with Crippen LogP contribution in [0.4, 0.5) is 0 Å². The maximum Gasteiger partial charge on any atom is 0.0812 e. The molecule has 3 heteroatoms. The van der Waals surface area contributed by atoms with Gasteiger partial charge in [-0.05, 0) is 40.6 Å². The van der Waals surface area contributed by atoms with E-state index in [1.54, 1.807) is 0 Å². The molecule has 0 N–H and O–H groups in total. The van der Waals surface area contributed by atoms with E-state index in [1.165, 1.54) is 13.3 Å². The van der Waals surface area contributed by atoms with E-state index in [1.807, 2.05) is 11.3 Å². The molecule has 1 nitrogen and oxygen atoms in total. The first-order valence-corrected chi connectivity index (χ1v) is 5.10. The molecule has 1 aromatic heterocycles. The number of fused-ring (bicyclic) bond motifs is 1. The smallest absolute Gasteiger partial charge is 0.0812 e. The van der Waals surface area contributed by atoms with Gasteiger partial charge in [-0.25, -0.2) is 0 Å². The molecule has 0 bridgehead atoms. The van der Waals surface area contributed by atoms with Crippen LogP contribution < -0.4 is 0 Å². The number of rotatable bonds is 0. The monoisotopic (exact) mass is 266 g/mol. The number of hydrogen-bond donors (Lipinski definition) is 0. The van der Waals surface area contributed by atoms with E-state index in [0.717, 1.165) is 19.6 Å². The molecule has 0 radical (unpaired) electrons. The van der Waals surface area contributed by atoms with Gasteiger partial charge in [0.2, 0.25) is 0 Å².